The predicted molar refractivity (Wildman–Crippen MR) is 264 cm³/mol. The number of hydrogen-bond acceptors (Lipinski definition) is 7. The molecule has 8 nitrogen and oxygen atoms in total. The molecule has 3 aliphatic rings. The minimum absolute atomic E-state index is 0.182. The molecule has 3 N–H and O–H groups in total. The van der Waals surface area contributed by atoms with Gasteiger partial charge in [-0.1, -0.05) is 148 Å². The van der Waals surface area contributed by atoms with E-state index in [1.54, 1.807) is 12.1 Å². The molecule has 6 aromatic rings. The topological polar surface area (TPSA) is 108 Å². The molecule has 10 heteroatoms. The lowest BCUT2D eigenvalue weighted by Gasteiger charge is -2.46. The fourth-order valence-electron chi connectivity index (χ4n) is 10.5. The number of nitrogens with one attached hydrogen (secondary N) is 1. The maximum Gasteiger partial charge on any atom is 0.455 e. The number of imide groups is 1. The summed E-state index contributed by atoms with van der Waals surface area (Å²) >= 11 is 0. The van der Waals surface area contributed by atoms with Crippen LogP contribution in [-0.2, 0) is 18.7 Å². The summed E-state index contributed by atoms with van der Waals surface area (Å²) in [5, 5.41) is 27.8. The summed E-state index contributed by atoms with van der Waals surface area (Å²) in [7, 11) is -4.19. The zero-order valence-corrected chi connectivity index (χ0v) is 38.1. The predicted octanol–water partition coefficient (Wildman–Crippen LogP) is 10.0. The monoisotopic (exact) mass is 878 g/mol. The Morgan fingerprint density at radius 3 is 1.94 bits per heavy atom. The number of rotatable bonds is 13. The SMILES string of the molecule is CC(C)(C)[Si](OCC1=C2[C@@H](CC/C(=C/c3ccccc3O)c3ccccc3)OB(O)C[C@@H]2[C@@H]2C(=O)N(c3ccc(Nc4ccccc4)cc3)C(=O)[C@@H]2C1)(c1ccccc1)c1ccccc1. The highest BCUT2D eigenvalue weighted by molar-refractivity contribution is 6.99. The quantitative estimate of drug-likeness (QED) is 0.0459. The standard InChI is InChI=1S/C55H55BN2O6Si/c1-55(2,3)65(45-23-12-6-13-24-45,46-25-14-7-15-26-46)63-37-41-35-47-52(54(61)58(53(47)60)44-31-29-43(30-32-44)57-42-21-10-5-11-22-42)48-36-56(62)64-50(51(41)48)33-28-39(38-18-8-4-9-19-38)34-40-20-16-17-27-49(40)59/h4-27,29-32,34,47-48,50,52,57,59,62H,28,33,35-37H2,1-3H3/b39-34-/t47-,48+,50-,52-/m1/s1. The molecule has 65 heavy (non-hydrogen) atoms. The first-order valence-corrected chi connectivity index (χ1v) is 24.6. The largest absolute Gasteiger partial charge is 0.507 e. The lowest BCUT2D eigenvalue weighted by Crippen LogP contribution is -2.66. The highest BCUT2D eigenvalue weighted by Gasteiger charge is 2.58. The van der Waals surface area contributed by atoms with Crippen LogP contribution >= 0.6 is 0 Å². The highest BCUT2D eigenvalue weighted by Crippen LogP contribution is 2.52. The third-order valence-electron chi connectivity index (χ3n) is 13.5. The number of carbonyl (C=O) groups excluding carboxylic acids is 2. The van der Waals surface area contributed by atoms with Crippen LogP contribution in [0.2, 0.25) is 11.4 Å². The van der Waals surface area contributed by atoms with Gasteiger partial charge in [-0.3, -0.25) is 14.5 Å². The molecule has 0 aromatic heterocycles. The van der Waals surface area contributed by atoms with E-state index in [2.05, 4.69) is 86.8 Å². The number of aromatic hydroxyl groups is 1. The minimum Gasteiger partial charge on any atom is -0.507 e. The molecule has 2 aliphatic heterocycles. The Bertz CT molecular complexity index is 2650. The Morgan fingerprint density at radius 2 is 1.32 bits per heavy atom. The molecule has 4 atom stereocenters. The van der Waals surface area contributed by atoms with Crippen molar-refractivity contribution >= 4 is 66.3 Å². The van der Waals surface area contributed by atoms with Crippen molar-refractivity contribution in [3.05, 3.63) is 192 Å². The van der Waals surface area contributed by atoms with Crippen molar-refractivity contribution in [2.24, 2.45) is 17.8 Å². The smallest absolute Gasteiger partial charge is 0.455 e. The fourth-order valence-corrected chi connectivity index (χ4v) is 15.1. The van der Waals surface area contributed by atoms with E-state index in [9.17, 15) is 19.7 Å². The molecule has 0 saturated carbocycles. The van der Waals surface area contributed by atoms with Crippen LogP contribution in [0.4, 0.5) is 17.1 Å². The number of para-hydroxylation sites is 2. The fraction of sp³-hybridized carbons (Fsp3) is 0.236. The summed E-state index contributed by atoms with van der Waals surface area (Å²) in [5.41, 5.74) is 6.90. The number of hydrogen-bond donors (Lipinski definition) is 3. The Hall–Kier alpha value is -6.30. The molecular weight excluding hydrogens is 824 g/mol. The summed E-state index contributed by atoms with van der Waals surface area (Å²) in [5.74, 6) is -2.07. The van der Waals surface area contributed by atoms with E-state index < -0.39 is 39.3 Å². The molecule has 6 aromatic carbocycles. The van der Waals surface area contributed by atoms with E-state index in [1.807, 2.05) is 103 Å². The van der Waals surface area contributed by atoms with Crippen LogP contribution in [0.1, 0.15) is 51.2 Å². The van der Waals surface area contributed by atoms with Gasteiger partial charge in [0.25, 0.3) is 8.32 Å². The molecule has 0 radical (unpaired) electrons. The molecular formula is C55H55BN2O6Si. The summed E-state index contributed by atoms with van der Waals surface area (Å²) in [6, 6.07) is 55.6. The number of nitrogens with zero attached hydrogens (tertiary/aromatic N) is 1. The van der Waals surface area contributed by atoms with Crippen molar-refractivity contribution in [2.75, 3.05) is 16.8 Å². The Morgan fingerprint density at radius 1 is 0.754 bits per heavy atom. The van der Waals surface area contributed by atoms with Crippen molar-refractivity contribution in [3.63, 3.8) is 0 Å². The molecule has 0 spiro atoms. The van der Waals surface area contributed by atoms with Crippen molar-refractivity contribution in [2.45, 2.75) is 57.5 Å². The first kappa shape index (κ1) is 43.9. The maximum atomic E-state index is 14.9. The summed E-state index contributed by atoms with van der Waals surface area (Å²) in [6.45, 7) is 6.98. The van der Waals surface area contributed by atoms with Crippen LogP contribution in [0.5, 0.6) is 5.75 Å². The highest BCUT2D eigenvalue weighted by atomic mass is 28.4. The van der Waals surface area contributed by atoms with Crippen molar-refractivity contribution < 1.29 is 28.8 Å². The number of phenolic OH excluding ortho intramolecular Hbond substituents is 1. The van der Waals surface area contributed by atoms with E-state index >= 15 is 0 Å². The first-order chi connectivity index (χ1) is 31.5. The van der Waals surface area contributed by atoms with Gasteiger partial charge in [-0.25, -0.2) is 0 Å². The molecule has 2 heterocycles. The third-order valence-corrected chi connectivity index (χ3v) is 18.4. The number of amides is 2. The zero-order chi connectivity index (χ0) is 45.1. The van der Waals surface area contributed by atoms with Gasteiger partial charge in [0.2, 0.25) is 11.8 Å². The van der Waals surface area contributed by atoms with E-state index in [1.165, 1.54) is 4.90 Å². The van der Waals surface area contributed by atoms with Crippen LogP contribution < -0.4 is 20.6 Å². The molecule has 0 bridgehead atoms. The Kier molecular flexibility index (Phi) is 12.6. The number of phenols is 1. The van der Waals surface area contributed by atoms with Gasteiger partial charge in [0.05, 0.1) is 30.2 Å². The van der Waals surface area contributed by atoms with Crippen LogP contribution in [-0.4, -0.2) is 50.1 Å². The van der Waals surface area contributed by atoms with E-state index in [-0.39, 0.29) is 35.5 Å². The lowest BCUT2D eigenvalue weighted by molar-refractivity contribution is -0.122. The second-order valence-corrected chi connectivity index (χ2v) is 22.8. The normalized spacial score (nSPS) is 20.2. The average molecular weight is 879 g/mol. The average Bonchev–Trinajstić information content (AvgIpc) is 3.57. The number of carbonyl (C=O) groups is 2. The summed E-state index contributed by atoms with van der Waals surface area (Å²) in [6.07, 6.45) is 2.99. The molecule has 328 valence electrons. The molecule has 2 amide bonds. The summed E-state index contributed by atoms with van der Waals surface area (Å²) in [4.78, 5) is 31.1. The van der Waals surface area contributed by atoms with E-state index in [0.29, 0.717) is 30.5 Å². The van der Waals surface area contributed by atoms with Gasteiger partial charge < -0.3 is 24.5 Å². The van der Waals surface area contributed by atoms with Crippen LogP contribution in [0.25, 0.3) is 11.6 Å². The maximum absolute atomic E-state index is 14.9. The van der Waals surface area contributed by atoms with Crippen LogP contribution in [0, 0.1) is 17.8 Å². The second-order valence-electron chi connectivity index (χ2n) is 18.5. The zero-order valence-electron chi connectivity index (χ0n) is 37.1. The van der Waals surface area contributed by atoms with E-state index in [4.69, 9.17) is 9.08 Å². The van der Waals surface area contributed by atoms with Gasteiger partial charge >= 0.3 is 7.12 Å². The van der Waals surface area contributed by atoms with Gasteiger partial charge in [0.15, 0.2) is 0 Å². The summed E-state index contributed by atoms with van der Waals surface area (Å²) < 4.78 is 14.2. The van der Waals surface area contributed by atoms with Gasteiger partial charge in [-0.2, -0.15) is 0 Å². The van der Waals surface area contributed by atoms with E-state index in [0.717, 1.165) is 44.0 Å². The number of allylic oxidation sites excluding steroid dienone is 1. The molecule has 2 fully saturated rings. The van der Waals surface area contributed by atoms with Crippen molar-refractivity contribution in [1.29, 1.82) is 0 Å². The molecule has 1 aliphatic carbocycles. The molecule has 0 unspecified atom stereocenters. The second kappa shape index (κ2) is 18.7. The van der Waals surface area contributed by atoms with Gasteiger partial charge in [-0.05, 0) is 118 Å². The van der Waals surface area contributed by atoms with Crippen molar-refractivity contribution in [3.8, 4) is 5.75 Å². The van der Waals surface area contributed by atoms with Gasteiger partial charge in [-0.15, -0.1) is 0 Å². The first-order valence-electron chi connectivity index (χ1n) is 22.7. The molecule has 2 saturated heterocycles. The Labute approximate surface area is 383 Å². The van der Waals surface area contributed by atoms with Gasteiger partial charge in [0, 0.05) is 16.9 Å². The number of anilines is 3. The minimum atomic E-state index is -3.04. The lowest BCUT2D eigenvalue weighted by atomic mass is 9.58. The Balaban J connectivity index is 1.11. The van der Waals surface area contributed by atoms with Crippen LogP contribution in [0.15, 0.2) is 181 Å². The number of benzene rings is 6. The number of fused-ring (bicyclic) bond motifs is 3. The van der Waals surface area contributed by atoms with Crippen molar-refractivity contribution in [1.82, 2.24) is 0 Å². The third kappa shape index (κ3) is 8.79. The van der Waals surface area contributed by atoms with Crippen LogP contribution in [0.3, 0.4) is 0 Å². The van der Waals surface area contributed by atoms with Gasteiger partial charge in [0.1, 0.15) is 5.75 Å². The molecule has 9 rings (SSSR count).